The smallest absolute Gasteiger partial charge is 0.191 e. The molecule has 0 bridgehead atoms. The number of halogens is 1. The highest BCUT2D eigenvalue weighted by Crippen LogP contribution is 2.28. The highest BCUT2D eigenvalue weighted by Gasteiger charge is 2.28. The number of aliphatic imine (C=N–C) groups is 1. The maximum atomic E-state index is 11.6. The maximum absolute atomic E-state index is 11.6. The van der Waals surface area contributed by atoms with Crippen molar-refractivity contribution in [2.75, 3.05) is 24.6 Å². The zero-order valence-electron chi connectivity index (χ0n) is 14.7. The first kappa shape index (κ1) is 20.3. The van der Waals surface area contributed by atoms with Crippen LogP contribution in [0.15, 0.2) is 4.99 Å². The topological polar surface area (TPSA) is 70.6 Å². The summed E-state index contributed by atoms with van der Waals surface area (Å²) in [6.45, 7) is 3.94. The third-order valence-electron chi connectivity index (χ3n) is 5.52. The molecule has 0 amide bonds. The number of hydrogen-bond acceptors (Lipinski definition) is 3. The van der Waals surface area contributed by atoms with Crippen molar-refractivity contribution < 1.29 is 8.42 Å². The van der Waals surface area contributed by atoms with Crippen LogP contribution in [0.25, 0.3) is 0 Å². The monoisotopic (exact) mass is 469 g/mol. The molecule has 0 aromatic heterocycles. The van der Waals surface area contributed by atoms with Gasteiger partial charge in [0.1, 0.15) is 0 Å². The predicted octanol–water partition coefficient (Wildman–Crippen LogP) is 2.56. The van der Waals surface area contributed by atoms with Crippen molar-refractivity contribution in [3.8, 4) is 0 Å². The lowest BCUT2D eigenvalue weighted by molar-refractivity contribution is 0.306. The number of guanidine groups is 1. The van der Waals surface area contributed by atoms with E-state index < -0.39 is 9.84 Å². The van der Waals surface area contributed by atoms with Crippen LogP contribution < -0.4 is 10.6 Å². The quantitative estimate of drug-likeness (QED) is 0.369. The minimum absolute atomic E-state index is 0. The zero-order chi connectivity index (χ0) is 16.3. The van der Waals surface area contributed by atoms with E-state index in [0.29, 0.717) is 30.0 Å². The Labute approximate surface area is 163 Å². The molecule has 0 aromatic carbocycles. The van der Waals surface area contributed by atoms with Crippen molar-refractivity contribution in [1.82, 2.24) is 10.6 Å². The average molecular weight is 469 g/mol. The maximum Gasteiger partial charge on any atom is 0.191 e. The highest BCUT2D eigenvalue weighted by atomic mass is 127. The Balaban J connectivity index is 0.00000208. The van der Waals surface area contributed by atoms with E-state index in [1.54, 1.807) is 0 Å². The Kier molecular flexibility index (Phi) is 7.64. The van der Waals surface area contributed by atoms with Crippen LogP contribution in [0.3, 0.4) is 0 Å². The van der Waals surface area contributed by atoms with E-state index >= 15 is 0 Å². The first-order valence-corrected chi connectivity index (χ1v) is 11.1. The van der Waals surface area contributed by atoms with Gasteiger partial charge in [-0.1, -0.05) is 19.8 Å². The second kappa shape index (κ2) is 9.05. The van der Waals surface area contributed by atoms with Crippen LogP contribution in [0.1, 0.15) is 51.9 Å². The minimum atomic E-state index is -2.81. The van der Waals surface area contributed by atoms with E-state index in [4.69, 9.17) is 4.99 Å². The molecule has 7 heteroatoms. The van der Waals surface area contributed by atoms with Gasteiger partial charge >= 0.3 is 0 Å². The molecule has 3 aliphatic rings. The second-order valence-electron chi connectivity index (χ2n) is 7.80. The molecule has 2 saturated carbocycles. The van der Waals surface area contributed by atoms with Crippen LogP contribution in [-0.4, -0.2) is 45.0 Å². The van der Waals surface area contributed by atoms with E-state index in [1.165, 1.54) is 38.5 Å². The number of nitrogens with one attached hydrogen (secondary N) is 2. The summed E-state index contributed by atoms with van der Waals surface area (Å²) in [6, 6.07) is 0.501. The third-order valence-corrected chi connectivity index (χ3v) is 7.36. The Morgan fingerprint density at radius 3 is 2.46 bits per heavy atom. The minimum Gasteiger partial charge on any atom is -0.356 e. The number of rotatable bonds is 5. The zero-order valence-corrected chi connectivity index (χ0v) is 17.8. The molecule has 0 spiro atoms. The van der Waals surface area contributed by atoms with Crippen LogP contribution in [0, 0.1) is 17.8 Å². The number of sulfone groups is 1. The predicted molar refractivity (Wildman–Crippen MR) is 110 cm³/mol. The van der Waals surface area contributed by atoms with Gasteiger partial charge in [0.15, 0.2) is 15.8 Å². The van der Waals surface area contributed by atoms with Gasteiger partial charge in [0.25, 0.3) is 0 Å². The van der Waals surface area contributed by atoms with Crippen molar-refractivity contribution in [2.24, 2.45) is 22.7 Å². The molecule has 1 aliphatic heterocycles. The lowest BCUT2D eigenvalue weighted by atomic mass is 9.86. The first-order valence-electron chi connectivity index (χ1n) is 9.27. The molecule has 3 unspecified atom stereocenters. The fraction of sp³-hybridized carbons (Fsp3) is 0.941. The van der Waals surface area contributed by atoms with Gasteiger partial charge in [-0.2, -0.15) is 0 Å². The Bertz CT molecular complexity index is 534. The molecule has 3 rings (SSSR count). The standard InChI is InChI=1S/C17H31N3O2S.HI/c1-13-4-2-3-5-16(13)20-17(18-10-14-6-7-14)19-11-15-8-9-23(21,22)12-15;/h13-16H,2-12H2,1H3,(H2,18,19,20);1H. The Hall–Kier alpha value is -0.0500. The van der Waals surface area contributed by atoms with Crippen molar-refractivity contribution >= 4 is 39.8 Å². The van der Waals surface area contributed by atoms with Crippen molar-refractivity contribution in [3.63, 3.8) is 0 Å². The fourth-order valence-corrected chi connectivity index (χ4v) is 5.51. The third kappa shape index (κ3) is 6.35. The molecule has 24 heavy (non-hydrogen) atoms. The first-order chi connectivity index (χ1) is 11.0. The molecule has 0 aromatic rings. The molecule has 5 nitrogen and oxygen atoms in total. The van der Waals surface area contributed by atoms with Gasteiger partial charge in [-0.3, -0.25) is 4.99 Å². The Morgan fingerprint density at radius 2 is 1.83 bits per heavy atom. The number of hydrogen-bond donors (Lipinski definition) is 2. The van der Waals surface area contributed by atoms with Gasteiger partial charge in [-0.05, 0) is 49.9 Å². The summed E-state index contributed by atoms with van der Waals surface area (Å²) in [6.07, 6.45) is 8.53. The fourth-order valence-electron chi connectivity index (χ4n) is 3.66. The molecular formula is C17H32IN3O2S. The van der Waals surface area contributed by atoms with Crippen LogP contribution in [-0.2, 0) is 9.84 Å². The van der Waals surface area contributed by atoms with E-state index in [-0.39, 0.29) is 29.9 Å². The van der Waals surface area contributed by atoms with E-state index in [1.807, 2.05) is 0 Å². The van der Waals surface area contributed by atoms with E-state index in [9.17, 15) is 8.42 Å². The summed E-state index contributed by atoms with van der Waals surface area (Å²) in [5.41, 5.74) is 0. The summed E-state index contributed by atoms with van der Waals surface area (Å²) in [5.74, 6) is 3.24. The molecular weight excluding hydrogens is 437 g/mol. The van der Waals surface area contributed by atoms with E-state index in [0.717, 1.165) is 24.8 Å². The molecule has 2 N–H and O–H groups in total. The summed E-state index contributed by atoms with van der Waals surface area (Å²) in [5, 5.41) is 7.11. The molecule has 0 radical (unpaired) electrons. The van der Waals surface area contributed by atoms with Crippen LogP contribution >= 0.6 is 24.0 Å². The summed E-state index contributed by atoms with van der Waals surface area (Å²) >= 11 is 0. The van der Waals surface area contributed by atoms with Crippen molar-refractivity contribution in [3.05, 3.63) is 0 Å². The van der Waals surface area contributed by atoms with Crippen molar-refractivity contribution in [1.29, 1.82) is 0 Å². The summed E-state index contributed by atoms with van der Waals surface area (Å²) < 4.78 is 23.2. The van der Waals surface area contributed by atoms with Gasteiger partial charge in [0.2, 0.25) is 0 Å². The Morgan fingerprint density at radius 1 is 1.08 bits per heavy atom. The second-order valence-corrected chi connectivity index (χ2v) is 10.0. The van der Waals surface area contributed by atoms with Gasteiger partial charge in [0, 0.05) is 19.1 Å². The van der Waals surface area contributed by atoms with Crippen LogP contribution in [0.5, 0.6) is 0 Å². The molecule has 2 aliphatic carbocycles. The molecule has 1 heterocycles. The van der Waals surface area contributed by atoms with Gasteiger partial charge in [0.05, 0.1) is 11.5 Å². The van der Waals surface area contributed by atoms with Gasteiger partial charge < -0.3 is 10.6 Å². The molecule has 3 atom stereocenters. The van der Waals surface area contributed by atoms with Crippen molar-refractivity contribution in [2.45, 2.75) is 57.9 Å². The molecule has 3 fully saturated rings. The number of nitrogens with zero attached hydrogens (tertiary/aromatic N) is 1. The SMILES string of the molecule is CC1CCCCC1NC(=NCC1CCS(=O)(=O)C1)NCC1CC1.I. The van der Waals surface area contributed by atoms with E-state index in [2.05, 4.69) is 17.6 Å². The lowest BCUT2D eigenvalue weighted by Crippen LogP contribution is -2.47. The summed E-state index contributed by atoms with van der Waals surface area (Å²) in [4.78, 5) is 4.73. The molecule has 1 saturated heterocycles. The average Bonchev–Trinajstić information content (AvgIpc) is 3.27. The largest absolute Gasteiger partial charge is 0.356 e. The normalized spacial score (nSPS) is 32.9. The van der Waals surface area contributed by atoms with Crippen LogP contribution in [0.2, 0.25) is 0 Å². The summed E-state index contributed by atoms with van der Waals surface area (Å²) in [7, 11) is -2.81. The van der Waals surface area contributed by atoms with Gasteiger partial charge in [-0.15, -0.1) is 24.0 Å². The molecule has 140 valence electrons. The van der Waals surface area contributed by atoms with Gasteiger partial charge in [-0.25, -0.2) is 8.42 Å². The highest BCUT2D eigenvalue weighted by molar-refractivity contribution is 14.0. The van der Waals surface area contributed by atoms with Crippen LogP contribution in [0.4, 0.5) is 0 Å². The lowest BCUT2D eigenvalue weighted by Gasteiger charge is -2.31.